The van der Waals surface area contributed by atoms with E-state index in [1.165, 1.54) is 36.1 Å². The van der Waals surface area contributed by atoms with Crippen LogP contribution in [0.4, 0.5) is 5.69 Å². The molecule has 2 heterocycles. The molecule has 5 heteroatoms. The highest BCUT2D eigenvalue weighted by Gasteiger charge is 2.29. The summed E-state index contributed by atoms with van der Waals surface area (Å²) in [5.74, 6) is -0.150. The van der Waals surface area contributed by atoms with Crippen molar-refractivity contribution >= 4 is 28.8 Å². The molecule has 1 aromatic heterocycles. The maximum Gasteiger partial charge on any atom is 0.261 e. The Balaban J connectivity index is 1.36. The van der Waals surface area contributed by atoms with Crippen molar-refractivity contribution in [2.45, 2.75) is 50.9 Å². The summed E-state index contributed by atoms with van der Waals surface area (Å²) in [6.45, 7) is 0.508. The van der Waals surface area contributed by atoms with E-state index in [0.29, 0.717) is 13.0 Å². The number of nitrogens with one attached hydrogen (secondary N) is 2. The van der Waals surface area contributed by atoms with Crippen molar-refractivity contribution < 1.29 is 9.59 Å². The Bertz CT molecular complexity index is 802. The van der Waals surface area contributed by atoms with Gasteiger partial charge < -0.3 is 10.6 Å². The fraction of sp³-hybridized carbons (Fsp3) is 0.429. The van der Waals surface area contributed by atoms with Crippen LogP contribution in [0.5, 0.6) is 0 Å². The first-order valence-electron chi connectivity index (χ1n) is 9.52. The molecule has 1 aliphatic heterocycles. The molecule has 0 saturated carbocycles. The van der Waals surface area contributed by atoms with Crippen LogP contribution < -0.4 is 10.6 Å². The molecule has 2 amide bonds. The maximum atomic E-state index is 12.5. The molecule has 1 atom stereocenters. The minimum atomic E-state index is -0.171. The van der Waals surface area contributed by atoms with Crippen molar-refractivity contribution in [3.8, 4) is 0 Å². The quantitative estimate of drug-likeness (QED) is 0.847. The number of rotatable bonds is 4. The Morgan fingerprint density at radius 1 is 1.15 bits per heavy atom. The summed E-state index contributed by atoms with van der Waals surface area (Å²) in [4.78, 5) is 26.9. The number of thiophene rings is 1. The first-order valence-corrected chi connectivity index (χ1v) is 10.3. The first-order chi connectivity index (χ1) is 12.7. The lowest BCUT2D eigenvalue weighted by Crippen LogP contribution is -2.26. The van der Waals surface area contributed by atoms with Crippen molar-refractivity contribution in [1.29, 1.82) is 0 Å². The van der Waals surface area contributed by atoms with Gasteiger partial charge in [-0.05, 0) is 55.4 Å². The van der Waals surface area contributed by atoms with Crippen LogP contribution in [-0.4, -0.2) is 18.4 Å². The number of carbonyl (C=O) groups excluding carboxylic acids is 2. The van der Waals surface area contributed by atoms with Crippen molar-refractivity contribution in [2.75, 3.05) is 11.9 Å². The summed E-state index contributed by atoms with van der Waals surface area (Å²) in [6.07, 6.45) is 7.86. The summed E-state index contributed by atoms with van der Waals surface area (Å²) in [7, 11) is 0. The molecule has 1 aliphatic carbocycles. The molecule has 0 saturated heterocycles. The third kappa shape index (κ3) is 3.54. The number of hydrogen-bond acceptors (Lipinski definition) is 3. The number of benzene rings is 1. The molecule has 1 aromatic carbocycles. The highest BCUT2D eigenvalue weighted by Crippen LogP contribution is 2.34. The van der Waals surface area contributed by atoms with E-state index in [4.69, 9.17) is 0 Å². The second kappa shape index (κ2) is 7.62. The lowest BCUT2D eigenvalue weighted by molar-refractivity contribution is -0.117. The van der Waals surface area contributed by atoms with Gasteiger partial charge in [-0.15, -0.1) is 11.3 Å². The smallest absolute Gasteiger partial charge is 0.261 e. The van der Waals surface area contributed by atoms with E-state index in [-0.39, 0.29) is 17.7 Å². The topological polar surface area (TPSA) is 58.2 Å². The number of anilines is 1. The largest absolute Gasteiger partial charge is 0.351 e. The van der Waals surface area contributed by atoms with E-state index >= 15 is 0 Å². The monoisotopic (exact) mass is 368 g/mol. The minimum Gasteiger partial charge on any atom is -0.351 e. The second-order valence-electron chi connectivity index (χ2n) is 7.15. The van der Waals surface area contributed by atoms with E-state index in [1.54, 1.807) is 11.3 Å². The fourth-order valence-electron chi connectivity index (χ4n) is 3.94. The van der Waals surface area contributed by atoms with Crippen molar-refractivity contribution in [1.82, 2.24) is 5.32 Å². The van der Waals surface area contributed by atoms with E-state index in [0.717, 1.165) is 29.0 Å². The predicted octanol–water partition coefficient (Wildman–Crippen LogP) is 4.26. The Morgan fingerprint density at radius 2 is 1.96 bits per heavy atom. The number of amides is 2. The average molecular weight is 369 g/mol. The van der Waals surface area contributed by atoms with E-state index in [2.05, 4.69) is 16.7 Å². The standard InChI is InChI=1S/C21H24N2O2S/c24-20-16(15-8-5-6-9-17(15)23-20)11-12-22-21(25)19-13-14-7-3-1-2-4-10-18(14)26-19/h5-6,8-9,13,16H,1-4,7,10-12H2,(H,22,25)(H,23,24)/t16-/m1/s1. The van der Waals surface area contributed by atoms with Gasteiger partial charge in [0.25, 0.3) is 5.91 Å². The van der Waals surface area contributed by atoms with Gasteiger partial charge in [-0.25, -0.2) is 0 Å². The zero-order valence-electron chi connectivity index (χ0n) is 14.8. The number of para-hydroxylation sites is 1. The number of aryl methyl sites for hydroxylation is 2. The van der Waals surface area contributed by atoms with Gasteiger partial charge in [-0.2, -0.15) is 0 Å². The van der Waals surface area contributed by atoms with Crippen LogP contribution >= 0.6 is 11.3 Å². The van der Waals surface area contributed by atoms with Gasteiger partial charge in [0.05, 0.1) is 10.8 Å². The average Bonchev–Trinajstić information content (AvgIpc) is 3.15. The second-order valence-corrected chi connectivity index (χ2v) is 8.28. The highest BCUT2D eigenvalue weighted by molar-refractivity contribution is 7.14. The van der Waals surface area contributed by atoms with E-state index in [1.807, 2.05) is 24.3 Å². The van der Waals surface area contributed by atoms with Crippen LogP contribution in [0.25, 0.3) is 0 Å². The number of carbonyl (C=O) groups is 2. The van der Waals surface area contributed by atoms with Crippen molar-refractivity contribution in [3.05, 3.63) is 51.2 Å². The Labute approximate surface area is 158 Å². The van der Waals surface area contributed by atoms with Crippen LogP contribution in [-0.2, 0) is 17.6 Å². The van der Waals surface area contributed by atoms with Gasteiger partial charge in [0.2, 0.25) is 5.91 Å². The zero-order valence-corrected chi connectivity index (χ0v) is 15.7. The Morgan fingerprint density at radius 3 is 2.85 bits per heavy atom. The minimum absolute atomic E-state index is 0.00608. The lowest BCUT2D eigenvalue weighted by Gasteiger charge is -2.09. The van der Waals surface area contributed by atoms with Gasteiger partial charge in [0.15, 0.2) is 0 Å². The molecule has 0 unspecified atom stereocenters. The molecule has 2 aromatic rings. The van der Waals surface area contributed by atoms with Crippen LogP contribution in [0, 0.1) is 0 Å². The molecule has 2 N–H and O–H groups in total. The normalized spacial score (nSPS) is 19.1. The molecule has 0 spiro atoms. The summed E-state index contributed by atoms with van der Waals surface area (Å²) in [6, 6.07) is 9.86. The SMILES string of the molecule is O=C(NCC[C@H]1C(=O)Nc2ccccc21)c1cc2c(s1)CCCCCC2. The molecule has 4 rings (SSSR count). The highest BCUT2D eigenvalue weighted by atomic mass is 32.1. The van der Waals surface area contributed by atoms with Gasteiger partial charge in [0.1, 0.15) is 0 Å². The van der Waals surface area contributed by atoms with Gasteiger partial charge in [-0.3, -0.25) is 9.59 Å². The number of fused-ring (bicyclic) bond motifs is 2. The third-order valence-electron chi connectivity index (χ3n) is 5.35. The summed E-state index contributed by atoms with van der Waals surface area (Å²) < 4.78 is 0. The summed E-state index contributed by atoms with van der Waals surface area (Å²) >= 11 is 1.65. The Hall–Kier alpha value is -2.14. The zero-order chi connectivity index (χ0) is 17.9. The van der Waals surface area contributed by atoms with Crippen molar-refractivity contribution in [3.63, 3.8) is 0 Å². The summed E-state index contributed by atoms with van der Waals surface area (Å²) in [5.41, 5.74) is 3.29. The van der Waals surface area contributed by atoms with Crippen LogP contribution in [0.2, 0.25) is 0 Å². The fourth-order valence-corrected chi connectivity index (χ4v) is 5.11. The number of hydrogen-bond donors (Lipinski definition) is 2. The van der Waals surface area contributed by atoms with Crippen LogP contribution in [0.15, 0.2) is 30.3 Å². The maximum absolute atomic E-state index is 12.5. The summed E-state index contributed by atoms with van der Waals surface area (Å²) in [5, 5.41) is 5.92. The first kappa shape index (κ1) is 17.3. The molecule has 0 fully saturated rings. The molecule has 2 aliphatic rings. The third-order valence-corrected chi connectivity index (χ3v) is 6.59. The molecule has 4 nitrogen and oxygen atoms in total. The molecular formula is C21H24N2O2S. The molecule has 26 heavy (non-hydrogen) atoms. The molecule has 0 bridgehead atoms. The van der Waals surface area contributed by atoms with Crippen LogP contribution in [0.1, 0.15) is 63.7 Å². The van der Waals surface area contributed by atoms with Crippen LogP contribution in [0.3, 0.4) is 0 Å². The van der Waals surface area contributed by atoms with Crippen molar-refractivity contribution in [2.24, 2.45) is 0 Å². The Kier molecular flexibility index (Phi) is 5.07. The lowest BCUT2D eigenvalue weighted by atomic mass is 9.97. The van der Waals surface area contributed by atoms with E-state index in [9.17, 15) is 9.59 Å². The predicted molar refractivity (Wildman–Crippen MR) is 105 cm³/mol. The van der Waals surface area contributed by atoms with Gasteiger partial charge in [-0.1, -0.05) is 31.0 Å². The molecule has 136 valence electrons. The van der Waals surface area contributed by atoms with Gasteiger partial charge >= 0.3 is 0 Å². The van der Waals surface area contributed by atoms with E-state index < -0.39 is 0 Å². The molecular weight excluding hydrogens is 344 g/mol. The molecule has 0 radical (unpaired) electrons. The van der Waals surface area contributed by atoms with Gasteiger partial charge in [0, 0.05) is 17.1 Å².